The number of rotatable bonds is 3. The lowest BCUT2D eigenvalue weighted by Crippen LogP contribution is -2.22. The number of aromatic carboxylic acids is 1. The van der Waals surface area contributed by atoms with Crippen LogP contribution < -0.4 is 10.6 Å². The number of carboxylic acid groups (broad SMARTS) is 1. The van der Waals surface area contributed by atoms with E-state index in [2.05, 4.69) is 20.6 Å². The Morgan fingerprint density at radius 2 is 1.67 bits per heavy atom. The normalized spacial score (nSPS) is 10.0. The van der Waals surface area contributed by atoms with E-state index in [-0.39, 0.29) is 5.95 Å². The SMILES string of the molecule is O=C(Nc1ncccn1)Nc1cc(F)c(F)cc1C(=O)O. The summed E-state index contributed by atoms with van der Waals surface area (Å²) in [6.07, 6.45) is 2.76. The highest BCUT2D eigenvalue weighted by Crippen LogP contribution is 2.20. The molecule has 0 saturated heterocycles. The maximum Gasteiger partial charge on any atom is 0.337 e. The van der Waals surface area contributed by atoms with Crippen molar-refractivity contribution in [3.05, 3.63) is 47.8 Å². The summed E-state index contributed by atoms with van der Waals surface area (Å²) >= 11 is 0. The highest BCUT2D eigenvalue weighted by Gasteiger charge is 2.17. The fourth-order valence-electron chi connectivity index (χ4n) is 1.45. The van der Waals surface area contributed by atoms with Gasteiger partial charge in [0.05, 0.1) is 11.3 Å². The smallest absolute Gasteiger partial charge is 0.337 e. The molecule has 108 valence electrons. The van der Waals surface area contributed by atoms with E-state index < -0.39 is 34.9 Å². The molecule has 1 heterocycles. The number of nitrogens with zero attached hydrogens (tertiary/aromatic N) is 2. The van der Waals surface area contributed by atoms with Gasteiger partial charge < -0.3 is 10.4 Å². The molecule has 0 aliphatic carbocycles. The molecule has 0 radical (unpaired) electrons. The number of halogens is 2. The van der Waals surface area contributed by atoms with Crippen molar-refractivity contribution in [2.24, 2.45) is 0 Å². The summed E-state index contributed by atoms with van der Waals surface area (Å²) in [6.45, 7) is 0. The minimum atomic E-state index is -1.51. The van der Waals surface area contributed by atoms with Crippen LogP contribution >= 0.6 is 0 Å². The van der Waals surface area contributed by atoms with E-state index in [4.69, 9.17) is 5.11 Å². The van der Waals surface area contributed by atoms with E-state index in [1.54, 1.807) is 0 Å². The van der Waals surface area contributed by atoms with E-state index in [0.717, 1.165) is 0 Å². The average molecular weight is 294 g/mol. The van der Waals surface area contributed by atoms with Crippen molar-refractivity contribution in [2.75, 3.05) is 10.6 Å². The van der Waals surface area contributed by atoms with Crippen LogP contribution in [-0.4, -0.2) is 27.1 Å². The van der Waals surface area contributed by atoms with Crippen LogP contribution in [0.4, 0.5) is 25.2 Å². The number of nitrogens with one attached hydrogen (secondary N) is 2. The lowest BCUT2D eigenvalue weighted by molar-refractivity contribution is 0.0697. The van der Waals surface area contributed by atoms with Gasteiger partial charge in [-0.1, -0.05) is 0 Å². The molecule has 0 unspecified atom stereocenters. The number of amides is 2. The zero-order chi connectivity index (χ0) is 15.4. The summed E-state index contributed by atoms with van der Waals surface area (Å²) in [7, 11) is 0. The van der Waals surface area contributed by atoms with Crippen LogP contribution in [0.3, 0.4) is 0 Å². The third-order valence-corrected chi connectivity index (χ3v) is 2.33. The second kappa shape index (κ2) is 5.90. The lowest BCUT2D eigenvalue weighted by Gasteiger charge is -2.09. The van der Waals surface area contributed by atoms with Crippen LogP contribution in [0.2, 0.25) is 0 Å². The van der Waals surface area contributed by atoms with Crippen molar-refractivity contribution >= 4 is 23.6 Å². The predicted octanol–water partition coefficient (Wildman–Crippen LogP) is 2.10. The van der Waals surface area contributed by atoms with Crippen molar-refractivity contribution in [3.8, 4) is 0 Å². The molecule has 1 aromatic carbocycles. The van der Waals surface area contributed by atoms with Gasteiger partial charge in [0, 0.05) is 18.5 Å². The first kappa shape index (κ1) is 14.3. The van der Waals surface area contributed by atoms with Crippen LogP contribution in [0.25, 0.3) is 0 Å². The largest absolute Gasteiger partial charge is 0.478 e. The number of hydrogen-bond acceptors (Lipinski definition) is 4. The summed E-state index contributed by atoms with van der Waals surface area (Å²) in [4.78, 5) is 30.0. The monoisotopic (exact) mass is 294 g/mol. The molecule has 0 atom stereocenters. The molecule has 21 heavy (non-hydrogen) atoms. The average Bonchev–Trinajstić information content (AvgIpc) is 2.43. The van der Waals surface area contributed by atoms with Crippen LogP contribution in [0, 0.1) is 11.6 Å². The number of anilines is 2. The Labute approximate surface area is 116 Å². The molecule has 2 aromatic rings. The van der Waals surface area contributed by atoms with Crippen molar-refractivity contribution in [1.29, 1.82) is 0 Å². The molecule has 0 aliphatic heterocycles. The number of carboxylic acids is 1. The number of urea groups is 1. The fraction of sp³-hybridized carbons (Fsp3) is 0. The fourth-order valence-corrected chi connectivity index (χ4v) is 1.45. The molecule has 7 nitrogen and oxygen atoms in total. The molecule has 0 aliphatic rings. The number of hydrogen-bond donors (Lipinski definition) is 3. The zero-order valence-electron chi connectivity index (χ0n) is 10.3. The number of aromatic nitrogens is 2. The number of carbonyl (C=O) groups excluding carboxylic acids is 1. The minimum Gasteiger partial charge on any atom is -0.478 e. The summed E-state index contributed by atoms with van der Waals surface area (Å²) in [5.41, 5.74) is -0.979. The van der Waals surface area contributed by atoms with Gasteiger partial charge in [-0.05, 0) is 12.1 Å². The number of benzene rings is 1. The predicted molar refractivity (Wildman–Crippen MR) is 68.0 cm³/mol. The first-order valence-corrected chi connectivity index (χ1v) is 5.54. The van der Waals surface area contributed by atoms with Crippen molar-refractivity contribution in [3.63, 3.8) is 0 Å². The van der Waals surface area contributed by atoms with Crippen LogP contribution in [0.15, 0.2) is 30.6 Å². The van der Waals surface area contributed by atoms with Gasteiger partial charge in [0.1, 0.15) is 0 Å². The third kappa shape index (κ3) is 3.47. The molecule has 9 heteroatoms. The lowest BCUT2D eigenvalue weighted by atomic mass is 10.1. The standard InChI is InChI=1S/C12H8F2N4O3/c13-7-4-6(10(19)20)9(5-8(7)14)17-12(21)18-11-15-2-1-3-16-11/h1-5H,(H,19,20)(H2,15,16,17,18,21). The van der Waals surface area contributed by atoms with Crippen molar-refractivity contribution in [1.82, 2.24) is 9.97 Å². The number of carbonyl (C=O) groups is 2. The molecular weight excluding hydrogens is 286 g/mol. The minimum absolute atomic E-state index is 0.0329. The van der Waals surface area contributed by atoms with Gasteiger partial charge in [0.15, 0.2) is 11.6 Å². The van der Waals surface area contributed by atoms with Crippen LogP contribution in [0.5, 0.6) is 0 Å². The maximum atomic E-state index is 13.1. The first-order valence-electron chi connectivity index (χ1n) is 5.54. The van der Waals surface area contributed by atoms with Gasteiger partial charge >= 0.3 is 12.0 Å². The van der Waals surface area contributed by atoms with Crippen LogP contribution in [0.1, 0.15) is 10.4 Å². The summed E-state index contributed by atoms with van der Waals surface area (Å²) < 4.78 is 26.2. The molecular formula is C12H8F2N4O3. The molecule has 2 amide bonds. The molecule has 3 N–H and O–H groups in total. The second-order valence-electron chi connectivity index (χ2n) is 3.77. The van der Waals surface area contributed by atoms with E-state index >= 15 is 0 Å². The molecule has 0 saturated carbocycles. The van der Waals surface area contributed by atoms with E-state index in [9.17, 15) is 18.4 Å². The Kier molecular flexibility index (Phi) is 4.02. The van der Waals surface area contributed by atoms with Crippen molar-refractivity contribution < 1.29 is 23.5 Å². The third-order valence-electron chi connectivity index (χ3n) is 2.33. The van der Waals surface area contributed by atoms with E-state index in [1.807, 2.05) is 0 Å². The Hall–Kier alpha value is -3.10. The van der Waals surface area contributed by atoms with Gasteiger partial charge in [0.2, 0.25) is 5.95 Å². The Balaban J connectivity index is 2.21. The Morgan fingerprint density at radius 1 is 1.05 bits per heavy atom. The van der Waals surface area contributed by atoms with Gasteiger partial charge in [-0.3, -0.25) is 5.32 Å². The Morgan fingerprint density at radius 3 is 2.29 bits per heavy atom. The van der Waals surface area contributed by atoms with Gasteiger partial charge in [-0.25, -0.2) is 28.3 Å². The van der Waals surface area contributed by atoms with E-state index in [0.29, 0.717) is 12.1 Å². The van der Waals surface area contributed by atoms with Gasteiger partial charge in [-0.2, -0.15) is 0 Å². The van der Waals surface area contributed by atoms with Crippen molar-refractivity contribution in [2.45, 2.75) is 0 Å². The molecule has 2 rings (SSSR count). The highest BCUT2D eigenvalue weighted by atomic mass is 19.2. The molecule has 0 bridgehead atoms. The summed E-state index contributed by atoms with van der Waals surface area (Å²) in [6, 6.07) is 1.69. The molecule has 0 fully saturated rings. The first-order chi connectivity index (χ1) is 9.97. The van der Waals surface area contributed by atoms with E-state index in [1.165, 1.54) is 18.5 Å². The summed E-state index contributed by atoms with van der Waals surface area (Å²) in [5.74, 6) is -4.16. The molecule has 0 spiro atoms. The van der Waals surface area contributed by atoms with Gasteiger partial charge in [-0.15, -0.1) is 0 Å². The topological polar surface area (TPSA) is 104 Å². The highest BCUT2D eigenvalue weighted by molar-refractivity contribution is 6.04. The quantitative estimate of drug-likeness (QED) is 0.804. The Bertz CT molecular complexity index is 694. The second-order valence-corrected chi connectivity index (χ2v) is 3.77. The van der Waals surface area contributed by atoms with Crippen LogP contribution in [-0.2, 0) is 0 Å². The van der Waals surface area contributed by atoms with Gasteiger partial charge in [0.25, 0.3) is 0 Å². The summed E-state index contributed by atoms with van der Waals surface area (Å²) in [5, 5.41) is 13.2. The maximum absolute atomic E-state index is 13.1. The molecule has 1 aromatic heterocycles. The zero-order valence-corrected chi connectivity index (χ0v) is 10.3.